The van der Waals surface area contributed by atoms with Gasteiger partial charge >= 0.3 is 12.1 Å². The molecule has 1 aromatic rings. The van der Waals surface area contributed by atoms with Crippen molar-refractivity contribution in [2.24, 2.45) is 0 Å². The van der Waals surface area contributed by atoms with E-state index < -0.39 is 0 Å². The van der Waals surface area contributed by atoms with Crippen LogP contribution in [0, 0.1) is 0 Å². The van der Waals surface area contributed by atoms with E-state index in [4.69, 9.17) is 4.74 Å². The minimum Gasteiger partial charge on any atom is -0.381 e. The van der Waals surface area contributed by atoms with Crippen molar-refractivity contribution in [3.05, 3.63) is 29.8 Å². The van der Waals surface area contributed by atoms with E-state index in [0.29, 0.717) is 63.5 Å². The van der Waals surface area contributed by atoms with Gasteiger partial charge in [-0.3, -0.25) is 9.59 Å². The fourth-order valence-electron chi connectivity index (χ4n) is 5.35. The Morgan fingerprint density at radius 2 is 1.54 bits per heavy atom. The van der Waals surface area contributed by atoms with Gasteiger partial charge in [-0.05, 0) is 49.9 Å². The highest BCUT2D eigenvalue weighted by atomic mass is 35.5. The van der Waals surface area contributed by atoms with Crippen LogP contribution in [0.15, 0.2) is 24.3 Å². The number of hydrogen-bond donors (Lipinski definition) is 2. The molecule has 0 aromatic heterocycles. The number of carbonyl (C=O) groups excluding carboxylic acids is 4. The summed E-state index contributed by atoms with van der Waals surface area (Å²) in [7, 11) is 0. The van der Waals surface area contributed by atoms with Gasteiger partial charge in [-0.1, -0.05) is 0 Å². The Balaban J connectivity index is 0.00000320. The molecule has 0 unspecified atom stereocenters. The lowest BCUT2D eigenvalue weighted by molar-refractivity contribution is -0.116. The van der Waals surface area contributed by atoms with Gasteiger partial charge in [0.15, 0.2) is 0 Å². The molecule has 0 bridgehead atoms. The van der Waals surface area contributed by atoms with Gasteiger partial charge in [0.05, 0.1) is 5.69 Å². The van der Waals surface area contributed by atoms with E-state index in [1.165, 1.54) is 4.90 Å². The van der Waals surface area contributed by atoms with E-state index in [0.717, 1.165) is 25.9 Å². The maximum Gasteiger partial charge on any atom is 0.332 e. The van der Waals surface area contributed by atoms with Crippen LogP contribution < -0.4 is 15.5 Å². The van der Waals surface area contributed by atoms with E-state index in [9.17, 15) is 19.2 Å². The molecule has 0 aliphatic carbocycles. The molecule has 0 saturated carbocycles. The van der Waals surface area contributed by atoms with Crippen LogP contribution in [0.5, 0.6) is 0 Å². The maximum atomic E-state index is 13.2. The molecule has 0 spiro atoms. The number of nitrogens with one attached hydrogen (secondary N) is 2. The number of piperidine rings is 1. The minimum atomic E-state index is -0.341. The monoisotopic (exact) mass is 534 g/mol. The number of imide groups is 1. The van der Waals surface area contributed by atoms with E-state index in [1.54, 1.807) is 39.0 Å². The molecule has 0 atom stereocenters. The quantitative estimate of drug-likeness (QED) is 0.562. The van der Waals surface area contributed by atoms with Gasteiger partial charge in [0.25, 0.3) is 11.8 Å². The molecule has 4 aliphatic heterocycles. The number of nitrogens with zero attached hydrogens (tertiary/aromatic N) is 4. The number of halogens is 1. The summed E-state index contributed by atoms with van der Waals surface area (Å²) in [5.74, 6) is -0.322. The van der Waals surface area contributed by atoms with Crippen molar-refractivity contribution in [2.75, 3.05) is 63.9 Å². The molecule has 202 valence electrons. The van der Waals surface area contributed by atoms with Crippen molar-refractivity contribution >= 4 is 42.0 Å². The van der Waals surface area contributed by atoms with E-state index in [1.807, 2.05) is 0 Å². The molecule has 4 heterocycles. The number of urea groups is 2. The lowest BCUT2D eigenvalue weighted by atomic mass is 10.0. The predicted octanol–water partition coefficient (Wildman–Crippen LogP) is 1.28. The van der Waals surface area contributed by atoms with Gasteiger partial charge in [0, 0.05) is 70.1 Å². The van der Waals surface area contributed by atoms with Crippen LogP contribution in [0.2, 0.25) is 0 Å². The van der Waals surface area contributed by atoms with Crippen LogP contribution in [0.3, 0.4) is 0 Å². The second kappa shape index (κ2) is 12.1. The Labute approximate surface area is 222 Å². The first kappa shape index (κ1) is 27.2. The van der Waals surface area contributed by atoms with E-state index >= 15 is 0 Å². The third-order valence-corrected chi connectivity index (χ3v) is 7.51. The van der Waals surface area contributed by atoms with Gasteiger partial charge < -0.3 is 30.1 Å². The van der Waals surface area contributed by atoms with Crippen molar-refractivity contribution in [1.29, 1.82) is 0 Å². The van der Waals surface area contributed by atoms with Gasteiger partial charge in [-0.25, -0.2) is 14.5 Å². The summed E-state index contributed by atoms with van der Waals surface area (Å²) in [6.07, 6.45) is 2.92. The van der Waals surface area contributed by atoms with Crippen molar-refractivity contribution in [3.63, 3.8) is 0 Å². The molecule has 11 nitrogen and oxygen atoms in total. The molecule has 5 rings (SSSR count). The summed E-state index contributed by atoms with van der Waals surface area (Å²) in [5, 5.41) is 6.31. The summed E-state index contributed by atoms with van der Waals surface area (Å²) in [4.78, 5) is 57.7. The highest BCUT2D eigenvalue weighted by molar-refractivity contribution is 6.20. The highest BCUT2D eigenvalue weighted by Crippen LogP contribution is 2.27. The Hall–Kier alpha value is -2.89. The van der Waals surface area contributed by atoms with Crippen molar-refractivity contribution < 1.29 is 23.9 Å². The van der Waals surface area contributed by atoms with Crippen molar-refractivity contribution in [1.82, 2.24) is 25.3 Å². The zero-order chi connectivity index (χ0) is 25.1. The van der Waals surface area contributed by atoms with Crippen LogP contribution >= 0.6 is 12.4 Å². The number of piperazine rings is 1. The standard InChI is InChI=1S/C25H34N6O5.ClH/c32-22-17-30(20-5-11-29(12-6-20)24(34)27-19-7-15-36-16-8-19)25(35)31(22)21-3-1-18(2-4-21)23(33)28-13-9-26-10-14-28;/h1-4,19-20,26H,5-17H2,(H,27,34);1H. The fraction of sp³-hybridized carbons (Fsp3) is 0.600. The first-order valence-corrected chi connectivity index (χ1v) is 12.9. The SMILES string of the molecule is Cl.O=C(NC1CCOCC1)N1CCC(N2CC(=O)N(c3ccc(C(=O)N4CCNCC4)cc3)C2=O)CC1. The molecular weight excluding hydrogens is 500 g/mol. The lowest BCUT2D eigenvalue weighted by Gasteiger charge is -2.37. The summed E-state index contributed by atoms with van der Waals surface area (Å²) < 4.78 is 5.35. The number of amides is 6. The number of likely N-dealkylation sites (tertiary alicyclic amines) is 1. The number of carbonyl (C=O) groups is 4. The normalized spacial score (nSPS) is 21.7. The van der Waals surface area contributed by atoms with Gasteiger partial charge in [0.1, 0.15) is 6.54 Å². The molecule has 4 aliphatic rings. The number of benzene rings is 1. The van der Waals surface area contributed by atoms with E-state index in [-0.39, 0.29) is 54.9 Å². The number of ether oxygens (including phenoxy) is 1. The summed E-state index contributed by atoms with van der Waals surface area (Å²) in [5.41, 5.74) is 1.01. The second-order valence-electron chi connectivity index (χ2n) is 9.78. The zero-order valence-corrected chi connectivity index (χ0v) is 21.7. The third-order valence-electron chi connectivity index (χ3n) is 7.51. The van der Waals surface area contributed by atoms with Crippen LogP contribution in [-0.2, 0) is 9.53 Å². The first-order valence-electron chi connectivity index (χ1n) is 12.9. The summed E-state index contributed by atoms with van der Waals surface area (Å²) in [6.45, 7) is 5.32. The Morgan fingerprint density at radius 1 is 0.892 bits per heavy atom. The molecular formula is C25H35ClN6O5. The second-order valence-corrected chi connectivity index (χ2v) is 9.78. The van der Waals surface area contributed by atoms with Crippen LogP contribution in [0.1, 0.15) is 36.0 Å². The predicted molar refractivity (Wildman–Crippen MR) is 139 cm³/mol. The molecule has 6 amide bonds. The topological polar surface area (TPSA) is 115 Å². The molecule has 37 heavy (non-hydrogen) atoms. The van der Waals surface area contributed by atoms with Crippen LogP contribution in [0.4, 0.5) is 15.3 Å². The molecule has 2 N–H and O–H groups in total. The van der Waals surface area contributed by atoms with E-state index in [2.05, 4.69) is 10.6 Å². The smallest absolute Gasteiger partial charge is 0.332 e. The average molecular weight is 535 g/mol. The third kappa shape index (κ3) is 6.00. The summed E-state index contributed by atoms with van der Waals surface area (Å²) >= 11 is 0. The average Bonchev–Trinajstić information content (AvgIpc) is 3.23. The number of hydrogen-bond acceptors (Lipinski definition) is 6. The zero-order valence-electron chi connectivity index (χ0n) is 20.9. The maximum absolute atomic E-state index is 13.2. The fourth-order valence-corrected chi connectivity index (χ4v) is 5.35. The minimum absolute atomic E-state index is 0. The van der Waals surface area contributed by atoms with Crippen LogP contribution in [0.25, 0.3) is 0 Å². The molecule has 0 radical (unpaired) electrons. The lowest BCUT2D eigenvalue weighted by Crippen LogP contribution is -2.52. The van der Waals surface area contributed by atoms with Gasteiger partial charge in [-0.2, -0.15) is 0 Å². The van der Waals surface area contributed by atoms with Gasteiger partial charge in [-0.15, -0.1) is 12.4 Å². The number of anilines is 1. The van der Waals surface area contributed by atoms with Gasteiger partial charge in [0.2, 0.25) is 0 Å². The Morgan fingerprint density at radius 3 is 2.19 bits per heavy atom. The van der Waals surface area contributed by atoms with Crippen LogP contribution in [-0.4, -0.2) is 110 Å². The molecule has 1 aromatic carbocycles. The first-order chi connectivity index (χ1) is 17.5. The Kier molecular flexibility index (Phi) is 8.88. The molecule has 4 saturated heterocycles. The summed E-state index contributed by atoms with van der Waals surface area (Å²) in [6, 6.07) is 6.33. The molecule has 12 heteroatoms. The Bertz CT molecular complexity index is 988. The molecule has 4 fully saturated rings. The largest absolute Gasteiger partial charge is 0.381 e. The van der Waals surface area contributed by atoms with Crippen molar-refractivity contribution in [3.8, 4) is 0 Å². The van der Waals surface area contributed by atoms with Crippen molar-refractivity contribution in [2.45, 2.75) is 37.8 Å². The number of rotatable bonds is 4. The highest BCUT2D eigenvalue weighted by Gasteiger charge is 2.42.